The molecule has 0 bridgehead atoms. The van der Waals surface area contributed by atoms with Crippen LogP contribution in [0.15, 0.2) is 62.6 Å². The lowest BCUT2D eigenvalue weighted by Gasteiger charge is -2.26. The lowest BCUT2D eigenvalue weighted by Crippen LogP contribution is -2.34. The van der Waals surface area contributed by atoms with E-state index in [1.165, 1.54) is 22.5 Å². The Balaban J connectivity index is 1.74. The molecule has 0 saturated carbocycles. The summed E-state index contributed by atoms with van der Waals surface area (Å²) in [4.78, 5) is 13.0. The number of hydrogen-bond acceptors (Lipinski definition) is 5. The zero-order chi connectivity index (χ0) is 23.6. The van der Waals surface area contributed by atoms with Gasteiger partial charge in [0.1, 0.15) is 11.3 Å². The van der Waals surface area contributed by atoms with Crippen LogP contribution in [0.25, 0.3) is 11.0 Å². The van der Waals surface area contributed by atoms with E-state index in [0.717, 1.165) is 24.8 Å². The Bertz CT molecular complexity index is 1270. The van der Waals surface area contributed by atoms with Gasteiger partial charge in [0.05, 0.1) is 16.0 Å². The number of hydrogen-bond donors (Lipinski definition) is 0. The Kier molecular flexibility index (Phi) is 6.91. The van der Waals surface area contributed by atoms with Crippen LogP contribution in [-0.2, 0) is 21.2 Å². The number of nitrogens with zero attached hydrogens (tertiary/aromatic N) is 1. The number of ether oxygens (including phenoxy) is 1. The SMILES string of the molecule is CCc1ccc(N(CC(C)C)S(=O)(=O)c2ccc3oc(C4CCOCC4)cc(=O)c3c2)cc1. The van der Waals surface area contributed by atoms with Crippen LogP contribution in [0, 0.1) is 5.92 Å². The van der Waals surface area contributed by atoms with E-state index >= 15 is 0 Å². The van der Waals surface area contributed by atoms with Crippen LogP contribution < -0.4 is 9.73 Å². The van der Waals surface area contributed by atoms with Crippen molar-refractivity contribution in [3.63, 3.8) is 0 Å². The zero-order valence-electron chi connectivity index (χ0n) is 19.4. The second kappa shape index (κ2) is 9.69. The van der Waals surface area contributed by atoms with E-state index in [1.807, 2.05) is 38.1 Å². The fourth-order valence-electron chi connectivity index (χ4n) is 4.20. The Morgan fingerprint density at radius 1 is 1.03 bits per heavy atom. The molecule has 1 aliphatic heterocycles. The zero-order valence-corrected chi connectivity index (χ0v) is 20.2. The molecule has 4 rings (SSSR count). The summed E-state index contributed by atoms with van der Waals surface area (Å²) in [6, 6.07) is 13.7. The molecule has 1 saturated heterocycles. The van der Waals surface area contributed by atoms with Gasteiger partial charge in [-0.1, -0.05) is 32.9 Å². The third-order valence-corrected chi connectivity index (χ3v) is 7.88. The van der Waals surface area contributed by atoms with Gasteiger partial charge in [0, 0.05) is 31.7 Å². The molecule has 33 heavy (non-hydrogen) atoms. The first-order valence-corrected chi connectivity index (χ1v) is 13.0. The van der Waals surface area contributed by atoms with Crippen LogP contribution in [0.2, 0.25) is 0 Å². The third-order valence-electron chi connectivity index (χ3n) is 6.09. The smallest absolute Gasteiger partial charge is 0.264 e. The standard InChI is InChI=1S/C26H31NO5S/c1-4-19-5-7-21(8-6-19)27(17-18(2)3)33(29,30)22-9-10-25-23(15-22)24(28)16-26(32-25)20-11-13-31-14-12-20/h5-10,15-16,18,20H,4,11-14,17H2,1-3H3. The van der Waals surface area contributed by atoms with Gasteiger partial charge in [-0.25, -0.2) is 8.42 Å². The van der Waals surface area contributed by atoms with E-state index in [4.69, 9.17) is 9.15 Å². The predicted molar refractivity (Wildman–Crippen MR) is 130 cm³/mol. The average molecular weight is 470 g/mol. The van der Waals surface area contributed by atoms with Crippen LogP contribution in [0.3, 0.4) is 0 Å². The third kappa shape index (κ3) is 4.99. The van der Waals surface area contributed by atoms with Gasteiger partial charge in [0.25, 0.3) is 10.0 Å². The molecular formula is C26H31NO5S. The number of fused-ring (bicyclic) bond motifs is 1. The van der Waals surface area contributed by atoms with E-state index in [0.29, 0.717) is 36.8 Å². The van der Waals surface area contributed by atoms with Crippen molar-refractivity contribution in [2.45, 2.75) is 50.8 Å². The van der Waals surface area contributed by atoms with Crippen molar-refractivity contribution < 1.29 is 17.6 Å². The minimum absolute atomic E-state index is 0.0846. The topological polar surface area (TPSA) is 76.8 Å². The molecule has 0 N–H and O–H groups in total. The molecule has 0 amide bonds. The molecule has 2 heterocycles. The average Bonchev–Trinajstić information content (AvgIpc) is 2.82. The minimum atomic E-state index is -3.87. The lowest BCUT2D eigenvalue weighted by atomic mass is 9.97. The van der Waals surface area contributed by atoms with Crippen molar-refractivity contribution in [3.05, 3.63) is 70.1 Å². The van der Waals surface area contributed by atoms with Crippen molar-refractivity contribution in [3.8, 4) is 0 Å². The summed E-state index contributed by atoms with van der Waals surface area (Å²) in [6.07, 6.45) is 2.50. The first kappa shape index (κ1) is 23.5. The highest BCUT2D eigenvalue weighted by molar-refractivity contribution is 7.92. The number of anilines is 1. The highest BCUT2D eigenvalue weighted by Crippen LogP contribution is 2.30. The molecule has 6 nitrogen and oxygen atoms in total. The normalized spacial score (nSPS) is 15.3. The number of sulfonamides is 1. The second-order valence-corrected chi connectivity index (χ2v) is 10.9. The highest BCUT2D eigenvalue weighted by Gasteiger charge is 2.27. The maximum atomic E-state index is 13.7. The molecule has 1 aliphatic rings. The second-order valence-electron chi connectivity index (χ2n) is 9.01. The van der Waals surface area contributed by atoms with Gasteiger partial charge in [-0.15, -0.1) is 0 Å². The van der Waals surface area contributed by atoms with Gasteiger partial charge in [-0.3, -0.25) is 9.10 Å². The number of aryl methyl sites for hydroxylation is 1. The molecular weight excluding hydrogens is 438 g/mol. The van der Waals surface area contributed by atoms with Gasteiger partial charge < -0.3 is 9.15 Å². The van der Waals surface area contributed by atoms with Gasteiger partial charge in [0.15, 0.2) is 5.43 Å². The molecule has 1 aromatic heterocycles. The molecule has 0 aliphatic carbocycles. The maximum Gasteiger partial charge on any atom is 0.264 e. The van der Waals surface area contributed by atoms with E-state index in [-0.39, 0.29) is 27.5 Å². The summed E-state index contributed by atoms with van der Waals surface area (Å²) >= 11 is 0. The fraction of sp³-hybridized carbons (Fsp3) is 0.423. The van der Waals surface area contributed by atoms with Crippen LogP contribution >= 0.6 is 0 Å². The van der Waals surface area contributed by atoms with Crippen molar-refractivity contribution in [1.29, 1.82) is 0 Å². The van der Waals surface area contributed by atoms with Crippen molar-refractivity contribution in [2.24, 2.45) is 5.92 Å². The van der Waals surface area contributed by atoms with Crippen LogP contribution in [0.4, 0.5) is 5.69 Å². The summed E-state index contributed by atoms with van der Waals surface area (Å²) in [5.41, 5.74) is 1.94. The molecule has 2 aromatic carbocycles. The molecule has 0 unspecified atom stereocenters. The minimum Gasteiger partial charge on any atom is -0.461 e. The maximum absolute atomic E-state index is 13.7. The first-order valence-electron chi connectivity index (χ1n) is 11.6. The monoisotopic (exact) mass is 469 g/mol. The van der Waals surface area contributed by atoms with E-state index < -0.39 is 10.0 Å². The Labute approximate surface area is 195 Å². The highest BCUT2D eigenvalue weighted by atomic mass is 32.2. The Morgan fingerprint density at radius 2 is 1.73 bits per heavy atom. The Morgan fingerprint density at radius 3 is 2.36 bits per heavy atom. The quantitative estimate of drug-likeness (QED) is 0.481. The van der Waals surface area contributed by atoms with Gasteiger partial charge in [-0.05, 0) is 61.1 Å². The van der Waals surface area contributed by atoms with E-state index in [2.05, 4.69) is 6.92 Å². The molecule has 0 radical (unpaired) electrons. The largest absolute Gasteiger partial charge is 0.461 e. The Hall–Kier alpha value is -2.64. The van der Waals surface area contributed by atoms with Gasteiger partial charge >= 0.3 is 0 Å². The van der Waals surface area contributed by atoms with E-state index in [9.17, 15) is 13.2 Å². The summed E-state index contributed by atoms with van der Waals surface area (Å²) in [5.74, 6) is 0.911. The van der Waals surface area contributed by atoms with E-state index in [1.54, 1.807) is 6.07 Å². The number of rotatable bonds is 7. The van der Waals surface area contributed by atoms with Gasteiger partial charge in [0.2, 0.25) is 0 Å². The first-order chi connectivity index (χ1) is 15.8. The van der Waals surface area contributed by atoms with Crippen LogP contribution in [-0.4, -0.2) is 28.2 Å². The van der Waals surface area contributed by atoms with Crippen molar-refractivity contribution >= 4 is 26.7 Å². The summed E-state index contributed by atoms with van der Waals surface area (Å²) in [6.45, 7) is 7.66. The summed E-state index contributed by atoms with van der Waals surface area (Å²) in [7, 11) is -3.87. The molecule has 0 spiro atoms. The summed E-state index contributed by atoms with van der Waals surface area (Å²) < 4.78 is 40.2. The number of benzene rings is 2. The predicted octanol–water partition coefficient (Wildman–Crippen LogP) is 5.10. The van der Waals surface area contributed by atoms with Gasteiger partial charge in [-0.2, -0.15) is 0 Å². The van der Waals surface area contributed by atoms with Crippen LogP contribution in [0.1, 0.15) is 50.9 Å². The van der Waals surface area contributed by atoms with Crippen LogP contribution in [0.5, 0.6) is 0 Å². The molecule has 176 valence electrons. The molecule has 1 fully saturated rings. The summed E-state index contributed by atoms with van der Waals surface area (Å²) in [5, 5.41) is 0.276. The lowest BCUT2D eigenvalue weighted by molar-refractivity contribution is 0.0807. The fourth-order valence-corrected chi connectivity index (χ4v) is 5.85. The molecule has 0 atom stereocenters. The van der Waals surface area contributed by atoms with Crippen molar-refractivity contribution in [2.75, 3.05) is 24.1 Å². The van der Waals surface area contributed by atoms with Crippen molar-refractivity contribution in [1.82, 2.24) is 0 Å². The molecule has 7 heteroatoms. The molecule has 3 aromatic rings.